The summed E-state index contributed by atoms with van der Waals surface area (Å²) in [5, 5.41) is 2.85. The van der Waals surface area contributed by atoms with Gasteiger partial charge in [-0.05, 0) is 32.0 Å². The van der Waals surface area contributed by atoms with Gasteiger partial charge in [-0.3, -0.25) is 4.79 Å². The van der Waals surface area contributed by atoms with Gasteiger partial charge in [-0.15, -0.1) is 11.6 Å². The number of halogens is 2. The largest absolute Gasteiger partial charge is 0.496 e. The van der Waals surface area contributed by atoms with Gasteiger partial charge in [0.2, 0.25) is 5.91 Å². The second-order valence-corrected chi connectivity index (χ2v) is 5.33. The highest BCUT2D eigenvalue weighted by Gasteiger charge is 2.26. The molecule has 0 aliphatic carbocycles. The predicted molar refractivity (Wildman–Crippen MR) is 72.6 cm³/mol. The molecule has 0 bridgehead atoms. The summed E-state index contributed by atoms with van der Waals surface area (Å²) < 4.78 is 6.23. The second kappa shape index (κ2) is 5.74. The Bertz CT molecular complexity index is 421. The molecule has 1 N–H and O–H groups in total. The molecule has 3 nitrogen and oxygen atoms in total. The predicted octanol–water partition coefficient (Wildman–Crippen LogP) is 3.05. The Morgan fingerprint density at radius 3 is 2.71 bits per heavy atom. The minimum absolute atomic E-state index is 0.0558. The van der Waals surface area contributed by atoms with Crippen molar-refractivity contribution >= 4 is 33.4 Å². The van der Waals surface area contributed by atoms with E-state index in [0.717, 1.165) is 15.8 Å². The van der Waals surface area contributed by atoms with Gasteiger partial charge in [0.25, 0.3) is 0 Å². The smallest absolute Gasteiger partial charge is 0.235 e. The molecule has 0 aliphatic heterocycles. The molecular formula is C12H15BrClNO2. The Kier molecular flexibility index (Phi) is 4.83. The van der Waals surface area contributed by atoms with E-state index < -0.39 is 5.54 Å². The number of benzene rings is 1. The number of hydrogen-bond donors (Lipinski definition) is 1. The second-order valence-electron chi connectivity index (χ2n) is 4.15. The van der Waals surface area contributed by atoms with Crippen LogP contribution in [0.5, 0.6) is 5.75 Å². The third-order valence-electron chi connectivity index (χ3n) is 2.41. The van der Waals surface area contributed by atoms with Crippen molar-refractivity contribution in [3.63, 3.8) is 0 Å². The number of carbonyl (C=O) groups is 1. The molecule has 94 valence electrons. The number of nitrogens with one attached hydrogen (secondary N) is 1. The van der Waals surface area contributed by atoms with Gasteiger partial charge in [-0.2, -0.15) is 0 Å². The molecule has 0 spiro atoms. The lowest BCUT2D eigenvalue weighted by Gasteiger charge is -2.28. The Morgan fingerprint density at radius 2 is 2.18 bits per heavy atom. The SMILES string of the molecule is COc1ccc(Br)cc1C(C)(C)NC(=O)CCl. The van der Waals surface area contributed by atoms with E-state index in [2.05, 4.69) is 21.2 Å². The van der Waals surface area contributed by atoms with E-state index in [-0.39, 0.29) is 11.8 Å². The number of amides is 1. The lowest BCUT2D eigenvalue weighted by Crippen LogP contribution is -2.41. The van der Waals surface area contributed by atoms with Crippen molar-refractivity contribution in [3.8, 4) is 5.75 Å². The zero-order chi connectivity index (χ0) is 13.1. The van der Waals surface area contributed by atoms with Crippen LogP contribution in [0.15, 0.2) is 22.7 Å². The molecule has 1 aromatic rings. The van der Waals surface area contributed by atoms with Gasteiger partial charge < -0.3 is 10.1 Å². The van der Waals surface area contributed by atoms with E-state index in [9.17, 15) is 4.79 Å². The Balaban J connectivity index is 3.12. The van der Waals surface area contributed by atoms with Gasteiger partial charge in [-0.1, -0.05) is 15.9 Å². The van der Waals surface area contributed by atoms with Crippen LogP contribution in [0.1, 0.15) is 19.4 Å². The highest BCUT2D eigenvalue weighted by molar-refractivity contribution is 9.10. The van der Waals surface area contributed by atoms with Crippen molar-refractivity contribution in [1.29, 1.82) is 0 Å². The molecule has 1 rings (SSSR count). The Morgan fingerprint density at radius 1 is 1.53 bits per heavy atom. The molecule has 1 amide bonds. The van der Waals surface area contributed by atoms with E-state index in [4.69, 9.17) is 16.3 Å². The maximum atomic E-state index is 11.4. The fourth-order valence-electron chi connectivity index (χ4n) is 1.62. The third-order valence-corrected chi connectivity index (χ3v) is 3.14. The molecule has 0 atom stereocenters. The first-order chi connectivity index (χ1) is 7.90. The van der Waals surface area contributed by atoms with Crippen molar-refractivity contribution in [2.75, 3.05) is 13.0 Å². The lowest BCUT2D eigenvalue weighted by atomic mass is 9.93. The zero-order valence-electron chi connectivity index (χ0n) is 10.0. The number of carbonyl (C=O) groups excluding carboxylic acids is 1. The zero-order valence-corrected chi connectivity index (χ0v) is 12.4. The summed E-state index contributed by atoms with van der Waals surface area (Å²) in [5.74, 6) is 0.464. The Labute approximate surface area is 115 Å². The summed E-state index contributed by atoms with van der Waals surface area (Å²) in [6.45, 7) is 3.81. The summed E-state index contributed by atoms with van der Waals surface area (Å²) in [7, 11) is 1.60. The number of alkyl halides is 1. The topological polar surface area (TPSA) is 38.3 Å². The quantitative estimate of drug-likeness (QED) is 0.866. The molecule has 0 radical (unpaired) electrons. The average Bonchev–Trinajstić information content (AvgIpc) is 2.28. The minimum atomic E-state index is -0.541. The molecule has 5 heteroatoms. The van der Waals surface area contributed by atoms with E-state index in [1.165, 1.54) is 0 Å². The number of rotatable bonds is 4. The molecule has 0 aromatic heterocycles. The summed E-state index contributed by atoms with van der Waals surface area (Å²) in [6.07, 6.45) is 0. The highest BCUT2D eigenvalue weighted by atomic mass is 79.9. The summed E-state index contributed by atoms with van der Waals surface area (Å²) in [6, 6.07) is 5.67. The van der Waals surface area contributed by atoms with E-state index in [1.807, 2.05) is 32.0 Å². The summed E-state index contributed by atoms with van der Waals surface area (Å²) in [5.41, 5.74) is 0.356. The van der Waals surface area contributed by atoms with Crippen LogP contribution in [0.3, 0.4) is 0 Å². The highest BCUT2D eigenvalue weighted by Crippen LogP contribution is 2.32. The molecule has 0 unspecified atom stereocenters. The molecule has 0 heterocycles. The summed E-state index contributed by atoms with van der Waals surface area (Å²) in [4.78, 5) is 11.4. The maximum absolute atomic E-state index is 11.4. The van der Waals surface area contributed by atoms with Crippen molar-refractivity contribution in [1.82, 2.24) is 5.32 Å². The van der Waals surface area contributed by atoms with Gasteiger partial charge >= 0.3 is 0 Å². The van der Waals surface area contributed by atoms with Crippen molar-refractivity contribution in [3.05, 3.63) is 28.2 Å². The van der Waals surface area contributed by atoms with E-state index in [1.54, 1.807) is 7.11 Å². The van der Waals surface area contributed by atoms with E-state index >= 15 is 0 Å². The van der Waals surface area contributed by atoms with Crippen LogP contribution in [-0.4, -0.2) is 18.9 Å². The van der Waals surface area contributed by atoms with Crippen LogP contribution in [0, 0.1) is 0 Å². The molecule has 1 aromatic carbocycles. The van der Waals surface area contributed by atoms with Crippen LogP contribution in [0.2, 0.25) is 0 Å². The first-order valence-corrected chi connectivity index (χ1v) is 6.44. The van der Waals surface area contributed by atoms with Crippen LogP contribution in [0.25, 0.3) is 0 Å². The van der Waals surface area contributed by atoms with Gasteiger partial charge in [-0.25, -0.2) is 0 Å². The van der Waals surface area contributed by atoms with Gasteiger partial charge in [0.1, 0.15) is 11.6 Å². The van der Waals surface area contributed by atoms with Crippen LogP contribution in [-0.2, 0) is 10.3 Å². The monoisotopic (exact) mass is 319 g/mol. The fraction of sp³-hybridized carbons (Fsp3) is 0.417. The molecular weight excluding hydrogens is 305 g/mol. The van der Waals surface area contributed by atoms with Crippen molar-refractivity contribution < 1.29 is 9.53 Å². The summed E-state index contributed by atoms with van der Waals surface area (Å²) >= 11 is 8.90. The van der Waals surface area contributed by atoms with Crippen LogP contribution in [0.4, 0.5) is 0 Å². The standard InChI is InChI=1S/C12H15BrClNO2/c1-12(2,15-11(16)7-14)9-6-8(13)4-5-10(9)17-3/h4-6H,7H2,1-3H3,(H,15,16). The van der Waals surface area contributed by atoms with Gasteiger partial charge in [0, 0.05) is 10.0 Å². The Hall–Kier alpha value is -0.740. The number of methoxy groups -OCH3 is 1. The fourth-order valence-corrected chi connectivity index (χ4v) is 2.05. The third kappa shape index (κ3) is 3.61. The van der Waals surface area contributed by atoms with Crippen LogP contribution < -0.4 is 10.1 Å². The number of ether oxygens (including phenoxy) is 1. The molecule has 17 heavy (non-hydrogen) atoms. The normalized spacial score (nSPS) is 11.1. The molecule has 0 aliphatic rings. The van der Waals surface area contributed by atoms with Gasteiger partial charge in [0.15, 0.2) is 0 Å². The minimum Gasteiger partial charge on any atom is -0.496 e. The molecule has 0 saturated heterocycles. The molecule has 0 fully saturated rings. The average molecular weight is 321 g/mol. The lowest BCUT2D eigenvalue weighted by molar-refractivity contribution is -0.120. The first-order valence-electron chi connectivity index (χ1n) is 5.11. The van der Waals surface area contributed by atoms with Crippen LogP contribution >= 0.6 is 27.5 Å². The molecule has 0 saturated carbocycles. The number of hydrogen-bond acceptors (Lipinski definition) is 2. The van der Waals surface area contributed by atoms with Gasteiger partial charge in [0.05, 0.1) is 12.6 Å². The van der Waals surface area contributed by atoms with E-state index in [0.29, 0.717) is 0 Å². The van der Waals surface area contributed by atoms with Crippen molar-refractivity contribution in [2.24, 2.45) is 0 Å². The first kappa shape index (κ1) is 14.3. The maximum Gasteiger partial charge on any atom is 0.235 e. The van der Waals surface area contributed by atoms with Crippen molar-refractivity contribution in [2.45, 2.75) is 19.4 Å².